The Morgan fingerprint density at radius 1 is 0.853 bits per heavy atom. The summed E-state index contributed by atoms with van der Waals surface area (Å²) in [7, 11) is 0. The van der Waals surface area contributed by atoms with Crippen LogP contribution in [0.1, 0.15) is 0 Å². The van der Waals surface area contributed by atoms with E-state index in [1.165, 1.54) is 0 Å². The molecule has 0 radical (unpaired) electrons. The molecule has 13 nitrogen and oxygen atoms in total. The Kier molecular flexibility index (Phi) is 5.89. The summed E-state index contributed by atoms with van der Waals surface area (Å²) in [5.74, 6) is -4.83. The van der Waals surface area contributed by atoms with Crippen molar-refractivity contribution in [2.45, 2.75) is 30.7 Å². The molecule has 5 atom stereocenters. The Hall–Kier alpha value is -3.75. The highest BCUT2D eigenvalue weighted by atomic mass is 16.7. The number of ether oxygens (including phenoxy) is 2. The third-order valence-corrected chi connectivity index (χ3v) is 5.33. The number of aliphatic hydroxyl groups excluding tert-OH is 4. The van der Waals surface area contributed by atoms with Gasteiger partial charge in [0.25, 0.3) is 0 Å². The van der Waals surface area contributed by atoms with Gasteiger partial charge in [0.15, 0.2) is 23.0 Å². The van der Waals surface area contributed by atoms with E-state index in [2.05, 4.69) is 0 Å². The topological polar surface area (TPSA) is 231 Å². The number of hydrogen-bond donors (Lipinski definition) is 9. The first kappa shape index (κ1) is 23.4. The van der Waals surface area contributed by atoms with Crippen LogP contribution in [0, 0.1) is 0 Å². The van der Waals surface area contributed by atoms with E-state index in [0.717, 1.165) is 24.3 Å². The van der Waals surface area contributed by atoms with Crippen LogP contribution in [0.2, 0.25) is 0 Å². The lowest BCUT2D eigenvalue weighted by Crippen LogP contribution is -2.60. The molecular formula is C21H20O13. The molecule has 1 fully saturated rings. The van der Waals surface area contributed by atoms with Crippen LogP contribution in [-0.2, 0) is 4.74 Å². The van der Waals surface area contributed by atoms with Crippen molar-refractivity contribution in [2.24, 2.45) is 0 Å². The molecule has 13 heteroatoms. The van der Waals surface area contributed by atoms with Crippen molar-refractivity contribution in [3.05, 3.63) is 34.5 Å². The van der Waals surface area contributed by atoms with Crippen LogP contribution >= 0.6 is 0 Å². The van der Waals surface area contributed by atoms with Crippen molar-refractivity contribution in [1.29, 1.82) is 0 Å². The van der Waals surface area contributed by atoms with Gasteiger partial charge in [0.2, 0.25) is 17.5 Å². The molecule has 1 saturated heterocycles. The molecule has 1 aliphatic rings. The molecule has 4 rings (SSSR count). The van der Waals surface area contributed by atoms with Gasteiger partial charge < -0.3 is 59.8 Å². The molecule has 0 aliphatic carbocycles. The predicted molar refractivity (Wildman–Crippen MR) is 111 cm³/mol. The minimum Gasteiger partial charge on any atom is -0.508 e. The van der Waals surface area contributed by atoms with Crippen LogP contribution < -0.4 is 10.2 Å². The van der Waals surface area contributed by atoms with E-state index < -0.39 is 88.4 Å². The first-order chi connectivity index (χ1) is 16.0. The number of aliphatic hydroxyl groups is 4. The zero-order valence-corrected chi connectivity index (χ0v) is 17.1. The fraction of sp³-hybridized carbons (Fsp3) is 0.286. The number of phenols is 5. The highest BCUT2D eigenvalue weighted by molar-refractivity contribution is 5.88. The van der Waals surface area contributed by atoms with Crippen LogP contribution in [0.5, 0.6) is 34.5 Å². The second-order valence-electron chi connectivity index (χ2n) is 7.61. The van der Waals surface area contributed by atoms with Crippen molar-refractivity contribution >= 4 is 11.0 Å². The Morgan fingerprint density at radius 3 is 2.12 bits per heavy atom. The lowest BCUT2D eigenvalue weighted by atomic mass is 9.99. The molecule has 0 amide bonds. The Balaban J connectivity index is 1.94. The van der Waals surface area contributed by atoms with Gasteiger partial charge >= 0.3 is 0 Å². The van der Waals surface area contributed by atoms with E-state index in [9.17, 15) is 50.8 Å². The largest absolute Gasteiger partial charge is 0.508 e. The number of hydrogen-bond acceptors (Lipinski definition) is 13. The number of aromatic hydroxyl groups is 5. The molecule has 182 valence electrons. The fourth-order valence-electron chi connectivity index (χ4n) is 3.58. The second-order valence-corrected chi connectivity index (χ2v) is 7.61. The standard InChI is InChI=1S/C21H20O13/c22-5-12-15(28)17(30)18(31)21(33-12)34-20-16(29)13-8(24)3-7(23)4-11(13)32-19(20)6-1-9(25)14(27)10(26)2-6/h1-4,12,15,17-18,21-28,30-31H,5H2/t12-,15+,17+,18-,21?/m1/s1. The van der Waals surface area contributed by atoms with Crippen LogP contribution in [0.15, 0.2) is 33.5 Å². The highest BCUT2D eigenvalue weighted by Gasteiger charge is 2.45. The lowest BCUT2D eigenvalue weighted by molar-refractivity contribution is -0.277. The van der Waals surface area contributed by atoms with Gasteiger partial charge in [-0.2, -0.15) is 0 Å². The summed E-state index contributed by atoms with van der Waals surface area (Å²) in [6.07, 6.45) is -8.64. The summed E-state index contributed by atoms with van der Waals surface area (Å²) in [6.45, 7) is -0.774. The van der Waals surface area contributed by atoms with E-state index in [1.807, 2.05) is 0 Å². The van der Waals surface area contributed by atoms with Crippen molar-refractivity contribution < 1.29 is 59.8 Å². The van der Waals surface area contributed by atoms with Gasteiger partial charge in [-0.05, 0) is 12.1 Å². The quantitative estimate of drug-likeness (QED) is 0.208. The fourth-order valence-corrected chi connectivity index (χ4v) is 3.58. The Labute approximate surface area is 189 Å². The molecule has 1 aliphatic heterocycles. The number of fused-ring (bicyclic) bond motifs is 1. The number of rotatable bonds is 4. The Bertz CT molecular complexity index is 1280. The van der Waals surface area contributed by atoms with Gasteiger partial charge in [-0.25, -0.2) is 0 Å². The minimum absolute atomic E-state index is 0.214. The SMILES string of the molecule is O=c1c(OC2O[C@H](CO)[C@H](O)[C@H](O)[C@H]2O)c(-c2cc(O)c(O)c(O)c2)oc2cc(O)cc(O)c12. The molecule has 2 heterocycles. The number of phenolic OH excluding ortho intramolecular Hbond substituents is 5. The second kappa shape index (κ2) is 8.55. The van der Waals surface area contributed by atoms with Gasteiger partial charge in [0.1, 0.15) is 46.9 Å². The zero-order chi connectivity index (χ0) is 24.9. The summed E-state index contributed by atoms with van der Waals surface area (Å²) in [5, 5.41) is 88.6. The van der Waals surface area contributed by atoms with Crippen LogP contribution in [0.3, 0.4) is 0 Å². The van der Waals surface area contributed by atoms with Gasteiger partial charge in [-0.15, -0.1) is 0 Å². The third kappa shape index (κ3) is 3.81. The first-order valence-corrected chi connectivity index (χ1v) is 9.78. The lowest BCUT2D eigenvalue weighted by Gasteiger charge is -2.39. The van der Waals surface area contributed by atoms with Crippen molar-refractivity contribution in [3.8, 4) is 45.8 Å². The van der Waals surface area contributed by atoms with Crippen LogP contribution in [0.4, 0.5) is 0 Å². The zero-order valence-electron chi connectivity index (χ0n) is 17.1. The normalized spacial score (nSPS) is 24.9. The maximum atomic E-state index is 13.3. The van der Waals surface area contributed by atoms with Gasteiger partial charge in [-0.3, -0.25) is 4.79 Å². The smallest absolute Gasteiger partial charge is 0.239 e. The van der Waals surface area contributed by atoms with E-state index >= 15 is 0 Å². The first-order valence-electron chi connectivity index (χ1n) is 9.78. The van der Waals surface area contributed by atoms with E-state index in [0.29, 0.717) is 0 Å². The van der Waals surface area contributed by atoms with E-state index in [-0.39, 0.29) is 11.1 Å². The van der Waals surface area contributed by atoms with E-state index in [4.69, 9.17) is 13.9 Å². The molecule has 34 heavy (non-hydrogen) atoms. The molecular weight excluding hydrogens is 460 g/mol. The van der Waals surface area contributed by atoms with Gasteiger partial charge in [0, 0.05) is 17.7 Å². The van der Waals surface area contributed by atoms with Crippen molar-refractivity contribution in [1.82, 2.24) is 0 Å². The summed E-state index contributed by atoms with van der Waals surface area (Å²) in [5.41, 5.74) is -1.59. The van der Waals surface area contributed by atoms with Crippen LogP contribution in [0.25, 0.3) is 22.3 Å². The molecule has 1 unspecified atom stereocenters. The Morgan fingerprint density at radius 2 is 1.50 bits per heavy atom. The molecule has 2 aromatic carbocycles. The molecule has 1 aromatic heterocycles. The minimum atomic E-state index is -1.91. The van der Waals surface area contributed by atoms with Gasteiger partial charge in [0.05, 0.1) is 6.61 Å². The summed E-state index contributed by atoms with van der Waals surface area (Å²) in [4.78, 5) is 13.3. The molecule has 9 N–H and O–H groups in total. The monoisotopic (exact) mass is 480 g/mol. The average Bonchev–Trinajstić information content (AvgIpc) is 2.78. The van der Waals surface area contributed by atoms with Crippen molar-refractivity contribution in [3.63, 3.8) is 0 Å². The van der Waals surface area contributed by atoms with Gasteiger partial charge in [-0.1, -0.05) is 0 Å². The molecule has 0 saturated carbocycles. The predicted octanol–water partition coefficient (Wildman–Crippen LogP) is -0.833. The molecule has 0 spiro atoms. The molecule has 0 bridgehead atoms. The third-order valence-electron chi connectivity index (χ3n) is 5.33. The summed E-state index contributed by atoms with van der Waals surface area (Å²) in [6, 6.07) is 3.66. The highest BCUT2D eigenvalue weighted by Crippen LogP contribution is 2.43. The maximum absolute atomic E-state index is 13.3. The van der Waals surface area contributed by atoms with Crippen molar-refractivity contribution in [2.75, 3.05) is 6.61 Å². The number of benzene rings is 2. The van der Waals surface area contributed by atoms with Crippen LogP contribution in [-0.4, -0.2) is 83.3 Å². The molecule has 3 aromatic rings. The summed E-state index contributed by atoms with van der Waals surface area (Å²) < 4.78 is 16.3. The summed E-state index contributed by atoms with van der Waals surface area (Å²) >= 11 is 0. The maximum Gasteiger partial charge on any atom is 0.239 e. The average molecular weight is 480 g/mol. The van der Waals surface area contributed by atoms with E-state index in [1.54, 1.807) is 0 Å².